The van der Waals surface area contributed by atoms with Crippen LogP contribution in [0.15, 0.2) is 34.8 Å². The normalized spacial score (nSPS) is 14.3. The number of halogens is 2. The van der Waals surface area contributed by atoms with Gasteiger partial charge in [-0.1, -0.05) is 22.0 Å². The van der Waals surface area contributed by atoms with E-state index in [1.165, 1.54) is 6.07 Å². The fraction of sp³-hybridized carbons (Fsp3) is 0.278. The second kappa shape index (κ2) is 8.33. The number of phenolic OH excluding ortho intramolecular Hbond substituents is 1. The second-order valence-corrected chi connectivity index (χ2v) is 7.48. The van der Waals surface area contributed by atoms with E-state index in [4.69, 9.17) is 4.74 Å². The maximum Gasteiger partial charge on any atom is 0.255 e. The van der Waals surface area contributed by atoms with Gasteiger partial charge in [-0.05, 0) is 29.1 Å². The third kappa shape index (κ3) is 4.34. The highest BCUT2D eigenvalue weighted by atomic mass is 79.9. The molecular formula is C18H19BrFN2O3P. The summed E-state index contributed by atoms with van der Waals surface area (Å²) in [6.45, 7) is 2.38. The van der Waals surface area contributed by atoms with Crippen molar-refractivity contribution in [2.45, 2.75) is 6.54 Å². The van der Waals surface area contributed by atoms with Crippen LogP contribution in [0, 0.1) is 5.82 Å². The van der Waals surface area contributed by atoms with Crippen molar-refractivity contribution in [1.82, 2.24) is 5.32 Å². The van der Waals surface area contributed by atoms with Gasteiger partial charge < -0.3 is 20.1 Å². The highest BCUT2D eigenvalue weighted by Gasteiger charge is 2.20. The molecule has 5 nitrogen and oxygen atoms in total. The molecule has 2 N–H and O–H groups in total. The van der Waals surface area contributed by atoms with Gasteiger partial charge in [-0.2, -0.15) is 0 Å². The number of hydrogen-bond acceptors (Lipinski definition) is 4. The number of carbonyl (C=O) groups excluding carboxylic acids is 1. The summed E-state index contributed by atoms with van der Waals surface area (Å²) in [5, 5.41) is 13.7. The monoisotopic (exact) mass is 440 g/mol. The quantitative estimate of drug-likeness (QED) is 0.717. The fourth-order valence-electron chi connectivity index (χ4n) is 2.78. The number of amides is 1. The van der Waals surface area contributed by atoms with Gasteiger partial charge in [-0.3, -0.25) is 4.79 Å². The van der Waals surface area contributed by atoms with Gasteiger partial charge in [0.2, 0.25) is 0 Å². The Labute approximate surface area is 161 Å². The largest absolute Gasteiger partial charge is 0.507 e. The number of phenols is 1. The van der Waals surface area contributed by atoms with Crippen LogP contribution in [0.1, 0.15) is 15.9 Å². The van der Waals surface area contributed by atoms with Gasteiger partial charge >= 0.3 is 0 Å². The van der Waals surface area contributed by atoms with Crippen LogP contribution in [0.3, 0.4) is 0 Å². The van der Waals surface area contributed by atoms with Crippen molar-refractivity contribution < 1.29 is 19.0 Å². The molecule has 138 valence electrons. The van der Waals surface area contributed by atoms with Crippen LogP contribution in [0.2, 0.25) is 0 Å². The molecule has 0 bridgehead atoms. The predicted octanol–water partition coefficient (Wildman–Crippen LogP) is 2.56. The number of nitrogens with one attached hydrogen (secondary N) is 1. The Morgan fingerprint density at radius 2 is 2.04 bits per heavy atom. The van der Waals surface area contributed by atoms with Crippen molar-refractivity contribution in [2.75, 3.05) is 31.2 Å². The number of benzene rings is 2. The Morgan fingerprint density at radius 1 is 1.31 bits per heavy atom. The maximum absolute atomic E-state index is 14.2. The minimum absolute atomic E-state index is 0.0512. The van der Waals surface area contributed by atoms with Crippen molar-refractivity contribution in [3.63, 3.8) is 0 Å². The van der Waals surface area contributed by atoms with E-state index in [1.54, 1.807) is 0 Å². The van der Waals surface area contributed by atoms with Crippen molar-refractivity contribution in [3.05, 3.63) is 51.7 Å². The molecule has 3 rings (SSSR count). The highest BCUT2D eigenvalue weighted by molar-refractivity contribution is 9.10. The molecule has 0 spiro atoms. The minimum atomic E-state index is -0.555. The van der Waals surface area contributed by atoms with Crippen LogP contribution < -0.4 is 15.5 Å². The molecule has 0 saturated carbocycles. The third-order valence-electron chi connectivity index (χ3n) is 4.21. The zero-order valence-electron chi connectivity index (χ0n) is 14.0. The Balaban J connectivity index is 1.77. The van der Waals surface area contributed by atoms with Gasteiger partial charge in [-0.25, -0.2) is 4.39 Å². The minimum Gasteiger partial charge on any atom is -0.507 e. The number of nitrogens with zero attached hydrogens (tertiary/aromatic N) is 1. The molecule has 2 aromatic rings. The summed E-state index contributed by atoms with van der Waals surface area (Å²) in [7, 11) is 2.62. The molecule has 8 heteroatoms. The number of aromatic hydroxyl groups is 1. The van der Waals surface area contributed by atoms with E-state index >= 15 is 0 Å². The van der Waals surface area contributed by atoms with E-state index in [0.717, 1.165) is 21.4 Å². The SMILES string of the molecule is O=C(NCc1ccc(Br)cc1P)c1cc(N2CCOCC2)c(F)cc1O. The lowest BCUT2D eigenvalue weighted by molar-refractivity contribution is 0.0948. The lowest BCUT2D eigenvalue weighted by Crippen LogP contribution is -2.37. The maximum atomic E-state index is 14.2. The first kappa shape index (κ1) is 19.1. The first-order valence-corrected chi connectivity index (χ1v) is 9.50. The van der Waals surface area contributed by atoms with Gasteiger partial charge in [0.25, 0.3) is 5.91 Å². The van der Waals surface area contributed by atoms with E-state index in [9.17, 15) is 14.3 Å². The first-order chi connectivity index (χ1) is 12.5. The summed E-state index contributed by atoms with van der Waals surface area (Å²) < 4.78 is 20.5. The molecule has 1 amide bonds. The Hall–Kier alpha value is -1.69. The van der Waals surface area contributed by atoms with Gasteiger partial charge in [0.05, 0.1) is 24.5 Å². The second-order valence-electron chi connectivity index (χ2n) is 5.95. The molecule has 1 aliphatic heterocycles. The molecule has 1 aliphatic rings. The smallest absolute Gasteiger partial charge is 0.255 e. The molecule has 0 radical (unpaired) electrons. The van der Waals surface area contributed by atoms with Gasteiger partial charge in [0.1, 0.15) is 11.6 Å². The van der Waals surface area contributed by atoms with Crippen molar-refractivity contribution in [1.29, 1.82) is 0 Å². The Morgan fingerprint density at radius 3 is 2.73 bits per heavy atom. The molecule has 1 saturated heterocycles. The van der Waals surface area contributed by atoms with E-state index < -0.39 is 11.7 Å². The zero-order valence-corrected chi connectivity index (χ0v) is 16.7. The lowest BCUT2D eigenvalue weighted by Gasteiger charge is -2.29. The van der Waals surface area contributed by atoms with Gasteiger partial charge in [-0.15, -0.1) is 9.24 Å². The molecule has 2 aromatic carbocycles. The standard InChI is InChI=1S/C18H19BrFN2O3P/c19-12-2-1-11(17(26)7-12)10-21-18(24)13-8-15(14(20)9-16(13)23)22-3-5-25-6-4-22/h1-2,7-9,23H,3-6,10,26H2,(H,21,24). The summed E-state index contributed by atoms with van der Waals surface area (Å²) in [4.78, 5) is 14.3. The highest BCUT2D eigenvalue weighted by Crippen LogP contribution is 2.28. The van der Waals surface area contributed by atoms with Crippen molar-refractivity contribution in [3.8, 4) is 5.75 Å². The number of ether oxygens (including phenoxy) is 1. The number of rotatable bonds is 4. The predicted molar refractivity (Wildman–Crippen MR) is 106 cm³/mol. The molecule has 1 atom stereocenters. The molecule has 0 aliphatic carbocycles. The van der Waals surface area contributed by atoms with Crippen LogP contribution in [-0.2, 0) is 11.3 Å². The summed E-state index contributed by atoms with van der Waals surface area (Å²) in [6.07, 6.45) is 0. The number of anilines is 1. The number of morpholine rings is 1. The van der Waals surface area contributed by atoms with Gasteiger partial charge in [0.15, 0.2) is 0 Å². The molecule has 26 heavy (non-hydrogen) atoms. The average molecular weight is 441 g/mol. The average Bonchev–Trinajstić information content (AvgIpc) is 2.61. The summed E-state index contributed by atoms with van der Waals surface area (Å²) in [5.41, 5.74) is 1.28. The van der Waals surface area contributed by atoms with Gasteiger partial charge in [0, 0.05) is 30.2 Å². The zero-order chi connectivity index (χ0) is 18.7. The molecular weight excluding hydrogens is 422 g/mol. The van der Waals surface area contributed by atoms with E-state index in [1.807, 2.05) is 23.1 Å². The van der Waals surface area contributed by atoms with Crippen molar-refractivity contribution in [2.24, 2.45) is 0 Å². The summed E-state index contributed by atoms with van der Waals surface area (Å²) in [5.74, 6) is -1.38. The van der Waals surface area contributed by atoms with Crippen LogP contribution >= 0.6 is 25.2 Å². The molecule has 1 fully saturated rings. The topological polar surface area (TPSA) is 61.8 Å². The molecule has 1 unspecified atom stereocenters. The fourth-order valence-corrected chi connectivity index (χ4v) is 3.78. The van der Waals surface area contributed by atoms with Crippen LogP contribution in [0.25, 0.3) is 0 Å². The van der Waals surface area contributed by atoms with Crippen LogP contribution in [0.5, 0.6) is 5.75 Å². The summed E-state index contributed by atoms with van der Waals surface area (Å²) >= 11 is 3.39. The number of carbonyl (C=O) groups is 1. The summed E-state index contributed by atoms with van der Waals surface area (Å²) in [6, 6.07) is 8.10. The third-order valence-corrected chi connectivity index (χ3v) is 5.24. The Kier molecular flexibility index (Phi) is 6.12. The van der Waals surface area contributed by atoms with E-state index in [0.29, 0.717) is 38.5 Å². The van der Waals surface area contributed by atoms with Crippen LogP contribution in [-0.4, -0.2) is 37.3 Å². The van der Waals surface area contributed by atoms with Crippen molar-refractivity contribution >= 4 is 42.1 Å². The number of hydrogen-bond donors (Lipinski definition) is 2. The lowest BCUT2D eigenvalue weighted by atomic mass is 10.1. The van der Waals surface area contributed by atoms with E-state index in [2.05, 4.69) is 30.5 Å². The first-order valence-electron chi connectivity index (χ1n) is 8.13. The van der Waals surface area contributed by atoms with Crippen LogP contribution in [0.4, 0.5) is 10.1 Å². The Bertz CT molecular complexity index is 828. The van der Waals surface area contributed by atoms with E-state index in [-0.39, 0.29) is 11.3 Å². The molecule has 0 aromatic heterocycles. The molecule has 1 heterocycles.